The fraction of sp³-hybridized carbons (Fsp3) is 0.643. The van der Waals surface area contributed by atoms with Crippen LogP contribution in [0.15, 0.2) is 24.7 Å². The molecule has 0 spiro atoms. The van der Waals surface area contributed by atoms with Crippen LogP contribution in [0.1, 0.15) is 34.1 Å². The van der Waals surface area contributed by atoms with Crippen molar-refractivity contribution < 1.29 is 19.0 Å². The second-order valence-corrected chi connectivity index (χ2v) is 4.97. The van der Waals surface area contributed by atoms with Crippen molar-refractivity contribution in [3.05, 3.63) is 24.7 Å². The monoisotopic (exact) mass is 271 g/mol. The van der Waals surface area contributed by atoms with Crippen LogP contribution in [-0.4, -0.2) is 31.5 Å². The third kappa shape index (κ3) is 10.00. The van der Waals surface area contributed by atoms with Crippen LogP contribution >= 0.6 is 0 Å². The zero-order valence-electron chi connectivity index (χ0n) is 12.4. The largest absolute Gasteiger partial charge is 0.490 e. The van der Waals surface area contributed by atoms with Crippen LogP contribution in [-0.2, 0) is 14.2 Å². The minimum Gasteiger partial charge on any atom is -0.490 e. The first-order valence-corrected chi connectivity index (χ1v) is 6.37. The second-order valence-electron chi connectivity index (χ2n) is 4.97. The Bertz CT molecular complexity index is 318. The third-order valence-corrected chi connectivity index (χ3v) is 1.84. The average molecular weight is 271 g/mol. The highest BCUT2D eigenvalue weighted by Gasteiger charge is 2.15. The number of hydrogen-bond donors (Lipinski definition) is 1. The Morgan fingerprint density at radius 3 is 2.11 bits per heavy atom. The molecule has 19 heavy (non-hydrogen) atoms. The summed E-state index contributed by atoms with van der Waals surface area (Å²) in [5.74, 6) is 0.790. The molecule has 0 radical (unpaired) electrons. The first-order chi connectivity index (χ1) is 8.76. The zero-order valence-corrected chi connectivity index (χ0v) is 12.4. The first-order valence-electron chi connectivity index (χ1n) is 6.37. The van der Waals surface area contributed by atoms with Crippen molar-refractivity contribution in [3.63, 3.8) is 0 Å². The normalized spacial score (nSPS) is 10.5. The maximum Gasteiger partial charge on any atom is 0.407 e. The molecule has 0 fully saturated rings. The van der Waals surface area contributed by atoms with Gasteiger partial charge in [0, 0.05) is 0 Å². The number of carbonyl (C=O) groups is 1. The van der Waals surface area contributed by atoms with Gasteiger partial charge < -0.3 is 19.5 Å². The van der Waals surface area contributed by atoms with Crippen molar-refractivity contribution in [3.8, 4) is 0 Å². The smallest absolute Gasteiger partial charge is 0.407 e. The van der Waals surface area contributed by atoms with E-state index in [0.717, 1.165) is 6.42 Å². The van der Waals surface area contributed by atoms with Crippen molar-refractivity contribution in [2.45, 2.75) is 39.7 Å². The fourth-order valence-corrected chi connectivity index (χ4v) is 1.03. The molecule has 0 rings (SSSR count). The highest BCUT2D eigenvalue weighted by Crippen LogP contribution is 2.09. The lowest BCUT2D eigenvalue weighted by atomic mass is 10.2. The SMILES string of the molecule is C=C(OCCC)C(=C)OCCNC(=O)OC(C)(C)C. The van der Waals surface area contributed by atoms with Crippen molar-refractivity contribution >= 4 is 6.09 Å². The summed E-state index contributed by atoms with van der Waals surface area (Å²) in [6.07, 6.45) is 0.426. The highest BCUT2D eigenvalue weighted by atomic mass is 16.6. The number of carbonyl (C=O) groups excluding carboxylic acids is 1. The van der Waals surface area contributed by atoms with E-state index in [-0.39, 0.29) is 6.61 Å². The Morgan fingerprint density at radius 2 is 1.63 bits per heavy atom. The molecular formula is C14H25NO4. The van der Waals surface area contributed by atoms with E-state index in [4.69, 9.17) is 14.2 Å². The molecule has 0 aromatic rings. The van der Waals surface area contributed by atoms with Crippen molar-refractivity contribution in [2.24, 2.45) is 0 Å². The summed E-state index contributed by atoms with van der Waals surface area (Å²) in [6.45, 7) is 16.0. The summed E-state index contributed by atoms with van der Waals surface area (Å²) in [5.41, 5.74) is -0.503. The van der Waals surface area contributed by atoms with E-state index >= 15 is 0 Å². The maximum absolute atomic E-state index is 11.3. The summed E-state index contributed by atoms with van der Waals surface area (Å²) in [4.78, 5) is 11.3. The Labute approximate surface area is 115 Å². The molecule has 1 amide bonds. The third-order valence-electron chi connectivity index (χ3n) is 1.84. The summed E-state index contributed by atoms with van der Waals surface area (Å²) in [6, 6.07) is 0. The Hall–Kier alpha value is -1.65. The van der Waals surface area contributed by atoms with Gasteiger partial charge in [-0.15, -0.1) is 0 Å². The topological polar surface area (TPSA) is 56.8 Å². The number of rotatable bonds is 8. The van der Waals surface area contributed by atoms with Crippen LogP contribution in [0.25, 0.3) is 0 Å². The van der Waals surface area contributed by atoms with E-state index < -0.39 is 11.7 Å². The van der Waals surface area contributed by atoms with Crippen LogP contribution in [0.5, 0.6) is 0 Å². The fourth-order valence-electron chi connectivity index (χ4n) is 1.03. The summed E-state index contributed by atoms with van der Waals surface area (Å²) in [5, 5.41) is 2.58. The predicted octanol–water partition coefficient (Wildman–Crippen LogP) is 2.98. The first kappa shape index (κ1) is 17.4. The van der Waals surface area contributed by atoms with Crippen LogP contribution < -0.4 is 5.32 Å². The lowest BCUT2D eigenvalue weighted by Crippen LogP contribution is -2.34. The number of ether oxygens (including phenoxy) is 3. The average Bonchev–Trinajstić information content (AvgIpc) is 2.29. The molecule has 0 saturated heterocycles. The minimum atomic E-state index is -0.503. The molecule has 5 heteroatoms. The number of amides is 1. The molecule has 0 aromatic heterocycles. The van der Waals surface area contributed by atoms with Gasteiger partial charge in [-0.25, -0.2) is 4.79 Å². The van der Waals surface area contributed by atoms with Gasteiger partial charge >= 0.3 is 6.09 Å². The number of alkyl carbamates (subject to hydrolysis) is 1. The van der Waals surface area contributed by atoms with Gasteiger partial charge in [-0.3, -0.25) is 0 Å². The molecule has 0 bridgehead atoms. The number of nitrogens with one attached hydrogen (secondary N) is 1. The molecule has 0 aliphatic heterocycles. The van der Waals surface area contributed by atoms with Gasteiger partial charge in [0.15, 0.2) is 11.5 Å². The van der Waals surface area contributed by atoms with Crippen LogP contribution in [0.2, 0.25) is 0 Å². The molecule has 5 nitrogen and oxygen atoms in total. The number of hydrogen-bond acceptors (Lipinski definition) is 4. The molecule has 0 heterocycles. The summed E-state index contributed by atoms with van der Waals surface area (Å²) < 4.78 is 15.6. The lowest BCUT2D eigenvalue weighted by molar-refractivity contribution is 0.0511. The van der Waals surface area contributed by atoms with Crippen LogP contribution in [0.3, 0.4) is 0 Å². The van der Waals surface area contributed by atoms with Crippen molar-refractivity contribution in [1.82, 2.24) is 5.32 Å². The minimum absolute atomic E-state index is 0.284. The molecule has 0 aliphatic carbocycles. The summed E-state index contributed by atoms with van der Waals surface area (Å²) >= 11 is 0. The Kier molecular flexibility index (Phi) is 7.72. The Balaban J connectivity index is 3.72. The molecule has 0 atom stereocenters. The van der Waals surface area contributed by atoms with Gasteiger partial charge in [-0.2, -0.15) is 0 Å². The van der Waals surface area contributed by atoms with Crippen molar-refractivity contribution in [1.29, 1.82) is 0 Å². The quantitative estimate of drug-likeness (QED) is 0.419. The standard InChI is InChI=1S/C14H25NO4/c1-7-9-17-11(2)12(3)18-10-8-15-13(16)19-14(4,5)6/h2-3,7-10H2,1,4-6H3,(H,15,16). The van der Waals surface area contributed by atoms with E-state index in [1.807, 2.05) is 6.92 Å². The van der Waals surface area contributed by atoms with Crippen molar-refractivity contribution in [2.75, 3.05) is 19.8 Å². The van der Waals surface area contributed by atoms with Gasteiger partial charge in [-0.1, -0.05) is 20.1 Å². The van der Waals surface area contributed by atoms with Crippen LogP contribution in [0.4, 0.5) is 4.79 Å². The second kappa shape index (κ2) is 8.45. The van der Waals surface area contributed by atoms with E-state index in [1.165, 1.54) is 0 Å². The predicted molar refractivity (Wildman–Crippen MR) is 74.7 cm³/mol. The van der Waals surface area contributed by atoms with Crippen LogP contribution in [0, 0.1) is 0 Å². The maximum atomic E-state index is 11.3. The molecule has 110 valence electrons. The molecule has 0 aromatic carbocycles. The van der Waals surface area contributed by atoms with E-state index in [2.05, 4.69) is 18.5 Å². The molecule has 0 saturated carbocycles. The van der Waals surface area contributed by atoms with Gasteiger partial charge in [0.1, 0.15) is 12.2 Å². The van der Waals surface area contributed by atoms with Gasteiger partial charge in [0.2, 0.25) is 0 Å². The van der Waals surface area contributed by atoms with E-state index in [9.17, 15) is 4.79 Å². The lowest BCUT2D eigenvalue weighted by Gasteiger charge is -2.19. The molecular weight excluding hydrogens is 246 g/mol. The Morgan fingerprint density at radius 1 is 1.11 bits per heavy atom. The van der Waals surface area contributed by atoms with Gasteiger partial charge in [0.25, 0.3) is 0 Å². The van der Waals surface area contributed by atoms with Gasteiger partial charge in [-0.05, 0) is 27.2 Å². The zero-order chi connectivity index (χ0) is 14.9. The molecule has 0 unspecified atom stereocenters. The van der Waals surface area contributed by atoms with E-state index in [0.29, 0.717) is 24.7 Å². The summed E-state index contributed by atoms with van der Waals surface area (Å²) in [7, 11) is 0. The van der Waals surface area contributed by atoms with Gasteiger partial charge in [0.05, 0.1) is 13.2 Å². The van der Waals surface area contributed by atoms with E-state index in [1.54, 1.807) is 20.8 Å². The highest BCUT2D eigenvalue weighted by molar-refractivity contribution is 5.67. The molecule has 0 aliphatic rings. The molecule has 1 N–H and O–H groups in total.